The first-order valence-corrected chi connectivity index (χ1v) is 7.29. The van der Waals surface area contributed by atoms with E-state index in [1.165, 1.54) is 0 Å². The van der Waals surface area contributed by atoms with Crippen LogP contribution in [-0.2, 0) is 0 Å². The lowest BCUT2D eigenvalue weighted by Crippen LogP contribution is -2.17. The number of hydrogen-bond acceptors (Lipinski definition) is 2. The van der Waals surface area contributed by atoms with Crippen LogP contribution >= 0.6 is 22.6 Å². The van der Waals surface area contributed by atoms with Gasteiger partial charge in [0.15, 0.2) is 5.43 Å². The molecule has 1 aromatic heterocycles. The highest BCUT2D eigenvalue weighted by Gasteiger charge is 2.20. The molecule has 0 spiro atoms. The molecule has 2 aromatic rings. The van der Waals surface area contributed by atoms with Gasteiger partial charge in [0, 0.05) is 17.8 Å². The average molecular weight is 367 g/mol. The Morgan fingerprint density at radius 2 is 2.16 bits per heavy atom. The van der Waals surface area contributed by atoms with Crippen molar-refractivity contribution in [1.29, 1.82) is 0 Å². The van der Waals surface area contributed by atoms with Crippen molar-refractivity contribution in [3.05, 3.63) is 49.8 Å². The second kappa shape index (κ2) is 4.67. The zero-order chi connectivity index (χ0) is 13.6. The topological polar surface area (TPSA) is 31.2 Å². The van der Waals surface area contributed by atoms with Crippen molar-refractivity contribution in [1.82, 2.24) is 4.57 Å². The van der Waals surface area contributed by atoms with Crippen LogP contribution < -0.4 is 10.2 Å². The van der Waals surface area contributed by atoms with Gasteiger partial charge in [-0.2, -0.15) is 0 Å². The molecule has 1 aliphatic rings. The van der Waals surface area contributed by atoms with E-state index in [-0.39, 0.29) is 11.5 Å². The molecule has 19 heavy (non-hydrogen) atoms. The van der Waals surface area contributed by atoms with Gasteiger partial charge in [-0.25, -0.2) is 0 Å². The summed E-state index contributed by atoms with van der Waals surface area (Å²) in [5, 5.41) is 0. The van der Waals surface area contributed by atoms with Crippen molar-refractivity contribution in [2.75, 3.05) is 6.61 Å². The van der Waals surface area contributed by atoms with Crippen LogP contribution in [0.5, 0.6) is 5.75 Å². The molecule has 2 heterocycles. The fourth-order valence-electron chi connectivity index (χ4n) is 2.36. The third kappa shape index (κ3) is 2.18. The van der Waals surface area contributed by atoms with Crippen molar-refractivity contribution in [3.63, 3.8) is 0 Å². The Labute approximate surface area is 125 Å². The van der Waals surface area contributed by atoms with Crippen LogP contribution in [0.2, 0.25) is 0 Å². The van der Waals surface area contributed by atoms with Gasteiger partial charge < -0.3 is 9.30 Å². The molecule has 0 unspecified atom stereocenters. The SMILES string of the molecule is Cc1ccc2c(c1)-c1cc(=O)c(I)cn1[C@H](C)CO2. The third-order valence-corrected chi connectivity index (χ3v) is 4.21. The molecule has 0 N–H and O–H groups in total. The van der Waals surface area contributed by atoms with Gasteiger partial charge in [0.25, 0.3) is 0 Å². The number of aromatic nitrogens is 1. The van der Waals surface area contributed by atoms with Gasteiger partial charge in [-0.15, -0.1) is 0 Å². The summed E-state index contributed by atoms with van der Waals surface area (Å²) in [4.78, 5) is 11.9. The predicted octanol–water partition coefficient (Wildman–Crippen LogP) is 3.38. The molecule has 0 radical (unpaired) electrons. The first-order valence-electron chi connectivity index (χ1n) is 6.22. The molecular formula is C15H14INO2. The number of nitrogens with zero attached hydrogens (tertiary/aromatic N) is 1. The van der Waals surface area contributed by atoms with Gasteiger partial charge in [0.05, 0.1) is 15.3 Å². The van der Waals surface area contributed by atoms with Gasteiger partial charge in [0.2, 0.25) is 0 Å². The van der Waals surface area contributed by atoms with Gasteiger partial charge in [-0.1, -0.05) is 11.6 Å². The summed E-state index contributed by atoms with van der Waals surface area (Å²) >= 11 is 2.09. The zero-order valence-corrected chi connectivity index (χ0v) is 13.0. The molecule has 3 nitrogen and oxygen atoms in total. The Morgan fingerprint density at radius 3 is 2.95 bits per heavy atom. The van der Waals surface area contributed by atoms with E-state index in [1.807, 2.05) is 25.3 Å². The van der Waals surface area contributed by atoms with E-state index in [0.717, 1.165) is 26.1 Å². The Hall–Kier alpha value is -1.30. The molecule has 0 saturated carbocycles. The maximum Gasteiger partial charge on any atom is 0.195 e. The maximum atomic E-state index is 11.9. The summed E-state index contributed by atoms with van der Waals surface area (Å²) in [6.45, 7) is 4.76. The van der Waals surface area contributed by atoms with Crippen LogP contribution in [-0.4, -0.2) is 11.2 Å². The molecule has 98 valence electrons. The predicted molar refractivity (Wildman–Crippen MR) is 83.8 cm³/mol. The third-order valence-electron chi connectivity index (χ3n) is 3.40. The highest BCUT2D eigenvalue weighted by atomic mass is 127. The summed E-state index contributed by atoms with van der Waals surface area (Å²) in [5.74, 6) is 0.851. The zero-order valence-electron chi connectivity index (χ0n) is 10.8. The van der Waals surface area contributed by atoms with Gasteiger partial charge in [-0.05, 0) is 48.6 Å². The van der Waals surface area contributed by atoms with E-state index in [2.05, 4.69) is 40.1 Å². The Morgan fingerprint density at radius 1 is 1.37 bits per heavy atom. The summed E-state index contributed by atoms with van der Waals surface area (Å²) in [7, 11) is 0. The quantitative estimate of drug-likeness (QED) is 0.669. The molecule has 0 bridgehead atoms. The number of aryl methyl sites for hydroxylation is 1. The smallest absolute Gasteiger partial charge is 0.195 e. The molecule has 1 aliphatic heterocycles. The first kappa shape index (κ1) is 12.7. The highest BCUT2D eigenvalue weighted by molar-refractivity contribution is 14.1. The van der Waals surface area contributed by atoms with E-state index >= 15 is 0 Å². The van der Waals surface area contributed by atoms with Crippen molar-refractivity contribution < 1.29 is 4.74 Å². The minimum atomic E-state index is 0.0633. The van der Waals surface area contributed by atoms with Crippen LogP contribution in [0.25, 0.3) is 11.3 Å². The highest BCUT2D eigenvalue weighted by Crippen LogP contribution is 2.35. The lowest BCUT2D eigenvalue weighted by atomic mass is 10.1. The lowest BCUT2D eigenvalue weighted by molar-refractivity contribution is 0.269. The van der Waals surface area contributed by atoms with Crippen molar-refractivity contribution in [2.45, 2.75) is 19.9 Å². The molecule has 1 atom stereocenters. The standard InChI is InChI=1S/C15H14INO2/c1-9-3-4-15-11(5-9)13-6-14(18)12(16)7-17(13)10(2)8-19-15/h3-7,10H,8H2,1-2H3/t10-/m1/s1. The summed E-state index contributed by atoms with van der Waals surface area (Å²) < 4.78 is 8.73. The normalized spacial score (nSPS) is 17.1. The van der Waals surface area contributed by atoms with Crippen molar-refractivity contribution >= 4 is 22.6 Å². The molecule has 4 heteroatoms. The van der Waals surface area contributed by atoms with E-state index in [1.54, 1.807) is 6.07 Å². The Bertz CT molecular complexity index is 706. The van der Waals surface area contributed by atoms with Crippen LogP contribution in [0.3, 0.4) is 0 Å². The number of halogens is 1. The molecule has 0 saturated heterocycles. The van der Waals surface area contributed by atoms with Crippen molar-refractivity contribution in [3.8, 4) is 17.0 Å². The molecule has 3 rings (SSSR count). The number of benzene rings is 1. The minimum Gasteiger partial charge on any atom is -0.491 e. The second-order valence-corrected chi connectivity index (χ2v) is 6.10. The number of fused-ring (bicyclic) bond motifs is 3. The summed E-state index contributed by atoms with van der Waals surface area (Å²) in [6.07, 6.45) is 1.92. The Kier molecular flexibility index (Phi) is 3.12. The Balaban J connectivity index is 2.35. The lowest BCUT2D eigenvalue weighted by Gasteiger charge is -2.16. The first-order chi connectivity index (χ1) is 9.06. The van der Waals surface area contributed by atoms with Crippen LogP contribution in [0.15, 0.2) is 35.3 Å². The van der Waals surface area contributed by atoms with E-state index in [0.29, 0.717) is 6.61 Å². The second-order valence-electron chi connectivity index (χ2n) is 4.94. The van der Waals surface area contributed by atoms with Crippen LogP contribution in [0, 0.1) is 10.5 Å². The largest absolute Gasteiger partial charge is 0.491 e. The molecule has 1 aromatic carbocycles. The summed E-state index contributed by atoms with van der Waals surface area (Å²) in [6, 6.07) is 8.01. The minimum absolute atomic E-state index is 0.0633. The molecule has 0 amide bonds. The molecule has 0 fully saturated rings. The number of ether oxygens (including phenoxy) is 1. The van der Waals surface area contributed by atoms with Crippen LogP contribution in [0.4, 0.5) is 0 Å². The fourth-order valence-corrected chi connectivity index (χ4v) is 2.82. The van der Waals surface area contributed by atoms with Gasteiger partial charge >= 0.3 is 0 Å². The van der Waals surface area contributed by atoms with Gasteiger partial charge in [-0.3, -0.25) is 4.79 Å². The van der Waals surface area contributed by atoms with Gasteiger partial charge in [0.1, 0.15) is 12.4 Å². The average Bonchev–Trinajstić information content (AvgIpc) is 2.50. The van der Waals surface area contributed by atoms with E-state index < -0.39 is 0 Å². The monoisotopic (exact) mass is 367 g/mol. The number of pyridine rings is 1. The van der Waals surface area contributed by atoms with E-state index in [4.69, 9.17) is 4.74 Å². The number of hydrogen-bond donors (Lipinski definition) is 0. The number of rotatable bonds is 0. The molecule has 0 aliphatic carbocycles. The fraction of sp³-hybridized carbons (Fsp3) is 0.267. The van der Waals surface area contributed by atoms with Crippen LogP contribution in [0.1, 0.15) is 18.5 Å². The summed E-state index contributed by atoms with van der Waals surface area (Å²) in [5.41, 5.74) is 3.16. The molecular weight excluding hydrogens is 353 g/mol. The van der Waals surface area contributed by atoms with E-state index in [9.17, 15) is 4.79 Å². The van der Waals surface area contributed by atoms with Crippen molar-refractivity contribution in [2.24, 2.45) is 0 Å². The maximum absolute atomic E-state index is 11.9.